The Hall–Kier alpha value is -1.30. The molecule has 1 saturated heterocycles. The number of alkyl carbamates (subject to hydrolysis) is 1. The number of carbonyl (C=O) groups excluding carboxylic acids is 2. The van der Waals surface area contributed by atoms with Crippen molar-refractivity contribution in [3.63, 3.8) is 0 Å². The van der Waals surface area contributed by atoms with Crippen LogP contribution in [0, 0.1) is 5.41 Å². The maximum Gasteiger partial charge on any atom is 0.408 e. The Bertz CT molecular complexity index is 375. The van der Waals surface area contributed by atoms with Crippen LogP contribution in [-0.4, -0.2) is 43.0 Å². The molecule has 2 atom stereocenters. The van der Waals surface area contributed by atoms with E-state index in [9.17, 15) is 9.59 Å². The maximum atomic E-state index is 12.3. The van der Waals surface area contributed by atoms with Gasteiger partial charge in [-0.3, -0.25) is 0 Å². The number of hydrogen-bond acceptors (Lipinski definition) is 5. The molecule has 0 aromatic heterocycles. The monoisotopic (exact) mass is 301 g/mol. The first kappa shape index (κ1) is 17.8. The van der Waals surface area contributed by atoms with Crippen LogP contribution in [-0.2, 0) is 19.0 Å². The van der Waals surface area contributed by atoms with Crippen molar-refractivity contribution in [1.82, 2.24) is 5.32 Å². The first-order valence-electron chi connectivity index (χ1n) is 7.27. The third-order valence-electron chi connectivity index (χ3n) is 2.93. The highest BCUT2D eigenvalue weighted by molar-refractivity contribution is 5.82. The highest BCUT2D eigenvalue weighted by Crippen LogP contribution is 2.23. The van der Waals surface area contributed by atoms with Crippen molar-refractivity contribution < 1.29 is 23.8 Å². The Kier molecular flexibility index (Phi) is 5.61. The fraction of sp³-hybridized carbons (Fsp3) is 0.867. The smallest absolute Gasteiger partial charge is 0.408 e. The molecule has 1 heterocycles. The standard InChI is InChI=1S/C15H27NO5/c1-14(2,3)11(12(17)21-15(4,5)6)16-13(18)20-10-7-8-19-9-10/h10-11H,7-9H2,1-6H3,(H,16,18)/t10-,11?/m0/s1. The van der Waals surface area contributed by atoms with Gasteiger partial charge < -0.3 is 19.5 Å². The summed E-state index contributed by atoms with van der Waals surface area (Å²) in [5.41, 5.74) is -1.08. The van der Waals surface area contributed by atoms with Gasteiger partial charge in [0.05, 0.1) is 13.2 Å². The largest absolute Gasteiger partial charge is 0.458 e. The van der Waals surface area contributed by atoms with E-state index in [0.717, 1.165) is 0 Å². The van der Waals surface area contributed by atoms with Crippen molar-refractivity contribution in [2.24, 2.45) is 5.41 Å². The molecule has 1 N–H and O–H groups in total. The zero-order valence-corrected chi connectivity index (χ0v) is 13.8. The van der Waals surface area contributed by atoms with Crippen LogP contribution in [0.4, 0.5) is 4.79 Å². The van der Waals surface area contributed by atoms with E-state index in [4.69, 9.17) is 14.2 Å². The normalized spacial score (nSPS) is 20.8. The van der Waals surface area contributed by atoms with Crippen LogP contribution in [0.5, 0.6) is 0 Å². The molecule has 21 heavy (non-hydrogen) atoms. The third kappa shape index (κ3) is 6.33. The van der Waals surface area contributed by atoms with Crippen molar-refractivity contribution in [3.8, 4) is 0 Å². The van der Waals surface area contributed by atoms with Gasteiger partial charge >= 0.3 is 12.1 Å². The van der Waals surface area contributed by atoms with Crippen molar-refractivity contribution in [3.05, 3.63) is 0 Å². The number of carbonyl (C=O) groups is 2. The minimum Gasteiger partial charge on any atom is -0.458 e. The Morgan fingerprint density at radius 3 is 2.24 bits per heavy atom. The lowest BCUT2D eigenvalue weighted by Gasteiger charge is -2.32. The van der Waals surface area contributed by atoms with Gasteiger partial charge in [-0.1, -0.05) is 20.8 Å². The number of esters is 1. The Morgan fingerprint density at radius 2 is 1.81 bits per heavy atom. The molecular formula is C15H27NO5. The minimum atomic E-state index is -0.772. The molecule has 122 valence electrons. The summed E-state index contributed by atoms with van der Waals surface area (Å²) < 4.78 is 15.7. The van der Waals surface area contributed by atoms with Gasteiger partial charge in [-0.25, -0.2) is 9.59 Å². The number of ether oxygens (including phenoxy) is 3. The van der Waals surface area contributed by atoms with Crippen LogP contribution in [0.3, 0.4) is 0 Å². The van der Waals surface area contributed by atoms with E-state index in [1.807, 2.05) is 20.8 Å². The molecule has 1 aliphatic heterocycles. The van der Waals surface area contributed by atoms with Gasteiger partial charge in [0, 0.05) is 6.42 Å². The quantitative estimate of drug-likeness (QED) is 0.809. The SMILES string of the molecule is CC(C)(C)OC(=O)C(NC(=O)O[C@H]1CCOC1)C(C)(C)C. The number of amides is 1. The summed E-state index contributed by atoms with van der Waals surface area (Å²) in [5, 5.41) is 2.61. The molecule has 1 rings (SSSR count). The van der Waals surface area contributed by atoms with Crippen LogP contribution < -0.4 is 5.32 Å². The molecule has 0 aliphatic carbocycles. The molecule has 1 aliphatic rings. The Morgan fingerprint density at radius 1 is 1.19 bits per heavy atom. The molecule has 6 heteroatoms. The lowest BCUT2D eigenvalue weighted by atomic mass is 9.86. The van der Waals surface area contributed by atoms with Gasteiger partial charge in [-0.15, -0.1) is 0 Å². The second kappa shape index (κ2) is 6.64. The van der Waals surface area contributed by atoms with Gasteiger partial charge in [0.2, 0.25) is 0 Å². The van der Waals surface area contributed by atoms with E-state index in [2.05, 4.69) is 5.32 Å². The molecule has 0 radical (unpaired) electrons. The van der Waals surface area contributed by atoms with Crippen molar-refractivity contribution in [2.45, 2.75) is 65.7 Å². The summed E-state index contributed by atoms with van der Waals surface area (Å²) in [4.78, 5) is 24.2. The van der Waals surface area contributed by atoms with Crippen molar-refractivity contribution in [2.75, 3.05) is 13.2 Å². The number of rotatable bonds is 3. The van der Waals surface area contributed by atoms with E-state index >= 15 is 0 Å². The molecule has 0 bridgehead atoms. The van der Waals surface area contributed by atoms with E-state index in [0.29, 0.717) is 19.6 Å². The summed E-state index contributed by atoms with van der Waals surface area (Å²) in [6.45, 7) is 11.9. The summed E-state index contributed by atoms with van der Waals surface area (Å²) in [6, 6.07) is -0.772. The second-order valence-electron chi connectivity index (χ2n) is 7.37. The molecule has 1 amide bonds. The topological polar surface area (TPSA) is 73.9 Å². The molecule has 1 fully saturated rings. The molecule has 0 aromatic rings. The van der Waals surface area contributed by atoms with Gasteiger partial charge in [-0.05, 0) is 26.2 Å². The van der Waals surface area contributed by atoms with Crippen LogP contribution in [0.2, 0.25) is 0 Å². The maximum absolute atomic E-state index is 12.3. The van der Waals surface area contributed by atoms with E-state index in [1.165, 1.54) is 0 Å². The number of hydrogen-bond donors (Lipinski definition) is 1. The second-order valence-corrected chi connectivity index (χ2v) is 7.37. The zero-order chi connectivity index (χ0) is 16.3. The van der Waals surface area contributed by atoms with Gasteiger partial charge in [0.1, 0.15) is 17.7 Å². The average Bonchev–Trinajstić information content (AvgIpc) is 2.74. The van der Waals surface area contributed by atoms with Crippen LogP contribution >= 0.6 is 0 Å². The van der Waals surface area contributed by atoms with E-state index in [-0.39, 0.29) is 6.10 Å². The van der Waals surface area contributed by atoms with E-state index < -0.39 is 29.1 Å². The third-order valence-corrected chi connectivity index (χ3v) is 2.93. The van der Waals surface area contributed by atoms with Gasteiger partial charge in [0.25, 0.3) is 0 Å². The van der Waals surface area contributed by atoms with Gasteiger partial charge in [-0.2, -0.15) is 0 Å². The predicted molar refractivity (Wildman–Crippen MR) is 77.9 cm³/mol. The predicted octanol–water partition coefficient (Wildman–Crippen LogP) is 2.26. The molecule has 0 aromatic carbocycles. The summed E-state index contributed by atoms with van der Waals surface area (Å²) in [5.74, 6) is -0.463. The summed E-state index contributed by atoms with van der Waals surface area (Å²) in [6.07, 6.45) is -0.180. The highest BCUT2D eigenvalue weighted by atomic mass is 16.6. The van der Waals surface area contributed by atoms with Crippen LogP contribution in [0.25, 0.3) is 0 Å². The molecule has 1 unspecified atom stereocenters. The average molecular weight is 301 g/mol. The number of nitrogens with one attached hydrogen (secondary N) is 1. The Balaban J connectivity index is 2.65. The molecule has 6 nitrogen and oxygen atoms in total. The summed E-state index contributed by atoms with van der Waals surface area (Å²) >= 11 is 0. The molecule has 0 spiro atoms. The van der Waals surface area contributed by atoms with Crippen LogP contribution in [0.1, 0.15) is 48.0 Å². The zero-order valence-electron chi connectivity index (χ0n) is 13.8. The minimum absolute atomic E-state index is 0.246. The first-order valence-corrected chi connectivity index (χ1v) is 7.27. The lowest BCUT2D eigenvalue weighted by molar-refractivity contribution is -0.160. The highest BCUT2D eigenvalue weighted by Gasteiger charge is 2.37. The first-order chi connectivity index (χ1) is 9.49. The fourth-order valence-electron chi connectivity index (χ4n) is 1.90. The molecule has 0 saturated carbocycles. The van der Waals surface area contributed by atoms with E-state index in [1.54, 1.807) is 20.8 Å². The molecular weight excluding hydrogens is 274 g/mol. The fourth-order valence-corrected chi connectivity index (χ4v) is 1.90. The van der Waals surface area contributed by atoms with Crippen LogP contribution in [0.15, 0.2) is 0 Å². The van der Waals surface area contributed by atoms with Crippen molar-refractivity contribution >= 4 is 12.1 Å². The summed E-state index contributed by atoms with van der Waals surface area (Å²) in [7, 11) is 0. The van der Waals surface area contributed by atoms with Gasteiger partial charge in [0.15, 0.2) is 0 Å². The Labute approximate surface area is 126 Å². The lowest BCUT2D eigenvalue weighted by Crippen LogP contribution is -2.52. The van der Waals surface area contributed by atoms with Crippen molar-refractivity contribution in [1.29, 1.82) is 0 Å².